The molecule has 0 radical (unpaired) electrons. The molecule has 0 spiro atoms. The molecule has 38 heavy (non-hydrogen) atoms. The molecule has 6 aliphatic rings. The molecule has 4 saturated carbocycles. The molecule has 5 aliphatic carbocycles. The highest BCUT2D eigenvalue weighted by molar-refractivity contribution is 5.84. The second kappa shape index (κ2) is 8.57. The molecule has 1 saturated heterocycles. The van der Waals surface area contributed by atoms with E-state index in [1.165, 1.54) is 12.8 Å². The highest BCUT2D eigenvalue weighted by Crippen LogP contribution is 2.75. The fourth-order valence-electron chi connectivity index (χ4n) is 11.9. The predicted octanol–water partition coefficient (Wildman–Crippen LogP) is 6.74. The Morgan fingerprint density at radius 1 is 0.921 bits per heavy atom. The number of hydrogen-bond donors (Lipinski definition) is 2. The summed E-state index contributed by atoms with van der Waals surface area (Å²) in [5, 5.41) is 21.5. The van der Waals surface area contributed by atoms with Crippen molar-refractivity contribution in [3.8, 4) is 0 Å². The molecule has 5 fully saturated rings. The summed E-state index contributed by atoms with van der Waals surface area (Å²) in [5.41, 5.74) is 1.75. The summed E-state index contributed by atoms with van der Waals surface area (Å²) in [6, 6.07) is 0. The maximum atomic E-state index is 14.3. The Labute approximate surface area is 232 Å². The molecule has 4 heteroatoms. The van der Waals surface area contributed by atoms with Gasteiger partial charge in [0.05, 0.1) is 18.1 Å². The summed E-state index contributed by atoms with van der Waals surface area (Å²) in [4.78, 5) is 16.6. The van der Waals surface area contributed by atoms with Crippen LogP contribution in [0.5, 0.6) is 0 Å². The van der Waals surface area contributed by atoms with Gasteiger partial charge in [-0.25, -0.2) is 0 Å². The molecule has 0 unspecified atom stereocenters. The zero-order valence-electron chi connectivity index (χ0n) is 25.2. The Bertz CT molecular complexity index is 1010. The lowest BCUT2D eigenvalue weighted by Crippen LogP contribution is -2.66. The van der Waals surface area contributed by atoms with Gasteiger partial charge in [0.15, 0.2) is 0 Å². The molecule has 0 bridgehead atoms. The third-order valence-corrected chi connectivity index (χ3v) is 14.6. The predicted molar refractivity (Wildman–Crippen MR) is 152 cm³/mol. The van der Waals surface area contributed by atoms with E-state index in [0.29, 0.717) is 23.7 Å². The molecule has 1 heterocycles. The van der Waals surface area contributed by atoms with Gasteiger partial charge in [0, 0.05) is 18.5 Å². The monoisotopic (exact) mass is 525 g/mol. The van der Waals surface area contributed by atoms with Crippen LogP contribution in [0.25, 0.3) is 0 Å². The van der Waals surface area contributed by atoms with Gasteiger partial charge in [0.2, 0.25) is 5.91 Å². The summed E-state index contributed by atoms with van der Waals surface area (Å²) in [6.45, 7) is 16.7. The largest absolute Gasteiger partial charge is 0.396 e. The van der Waals surface area contributed by atoms with Gasteiger partial charge in [0.25, 0.3) is 0 Å². The SMILES string of the molecule is CC1(C)CC[C@]2(C(=O)N3CCCC3)CC[C@]3(C)C(=CC[C@@H]4[C@@]5(C)CC[C@H](O)[C@@](C)(CO)[C@@H]5CC[C@]43C)[C@@H]2C1. The number of fused-ring (bicyclic) bond motifs is 7. The fraction of sp³-hybridized carbons (Fsp3) is 0.912. The zero-order chi connectivity index (χ0) is 27.4. The van der Waals surface area contributed by atoms with Gasteiger partial charge in [0.1, 0.15) is 0 Å². The molecule has 6 rings (SSSR count). The summed E-state index contributed by atoms with van der Waals surface area (Å²) in [7, 11) is 0. The average molecular weight is 526 g/mol. The summed E-state index contributed by atoms with van der Waals surface area (Å²) < 4.78 is 0. The summed E-state index contributed by atoms with van der Waals surface area (Å²) in [6.07, 6.45) is 15.3. The lowest BCUT2D eigenvalue weighted by atomic mass is 9.33. The minimum atomic E-state index is -0.406. The molecule has 1 amide bonds. The molecule has 214 valence electrons. The van der Waals surface area contributed by atoms with Crippen molar-refractivity contribution in [2.24, 2.45) is 50.2 Å². The Kier molecular flexibility index (Phi) is 6.16. The van der Waals surface area contributed by atoms with E-state index in [0.717, 1.165) is 77.3 Å². The van der Waals surface area contributed by atoms with E-state index in [2.05, 4.69) is 52.5 Å². The van der Waals surface area contributed by atoms with Crippen molar-refractivity contribution in [1.29, 1.82) is 0 Å². The molecule has 9 atom stereocenters. The molecule has 1 aliphatic heterocycles. The second-order valence-corrected chi connectivity index (χ2v) is 16.6. The van der Waals surface area contributed by atoms with Crippen LogP contribution in [0.4, 0.5) is 0 Å². The maximum Gasteiger partial charge on any atom is 0.229 e. The van der Waals surface area contributed by atoms with Crippen molar-refractivity contribution in [3.63, 3.8) is 0 Å². The first-order valence-electron chi connectivity index (χ1n) is 16.1. The Hall–Kier alpha value is -0.870. The van der Waals surface area contributed by atoms with Crippen molar-refractivity contribution in [1.82, 2.24) is 4.90 Å². The van der Waals surface area contributed by atoms with E-state index in [4.69, 9.17) is 0 Å². The second-order valence-electron chi connectivity index (χ2n) is 16.6. The molecule has 0 aromatic carbocycles. The Morgan fingerprint density at radius 2 is 1.61 bits per heavy atom. The topological polar surface area (TPSA) is 60.8 Å². The third kappa shape index (κ3) is 3.37. The normalized spacial score (nSPS) is 51.8. The highest BCUT2D eigenvalue weighted by Gasteiger charge is 2.69. The van der Waals surface area contributed by atoms with Crippen LogP contribution in [-0.2, 0) is 4.79 Å². The molecule has 2 N–H and O–H groups in total. The van der Waals surface area contributed by atoms with E-state index in [1.54, 1.807) is 5.57 Å². The van der Waals surface area contributed by atoms with Crippen molar-refractivity contribution in [2.45, 2.75) is 125 Å². The van der Waals surface area contributed by atoms with Crippen molar-refractivity contribution < 1.29 is 15.0 Å². The fourth-order valence-corrected chi connectivity index (χ4v) is 11.9. The average Bonchev–Trinajstić information content (AvgIpc) is 3.41. The van der Waals surface area contributed by atoms with Gasteiger partial charge in [-0.05, 0) is 116 Å². The summed E-state index contributed by atoms with van der Waals surface area (Å²) in [5.74, 6) is 1.77. The van der Waals surface area contributed by atoms with Crippen LogP contribution in [0, 0.1) is 50.2 Å². The van der Waals surface area contributed by atoms with Crippen LogP contribution in [-0.4, -0.2) is 46.8 Å². The van der Waals surface area contributed by atoms with Gasteiger partial charge >= 0.3 is 0 Å². The van der Waals surface area contributed by atoms with Crippen LogP contribution in [0.15, 0.2) is 11.6 Å². The number of aliphatic hydroxyl groups is 2. The number of aliphatic hydroxyl groups excluding tert-OH is 2. The van der Waals surface area contributed by atoms with Gasteiger partial charge < -0.3 is 15.1 Å². The molecule has 4 nitrogen and oxygen atoms in total. The van der Waals surface area contributed by atoms with Gasteiger partial charge in [-0.1, -0.05) is 53.2 Å². The lowest BCUT2D eigenvalue weighted by molar-refractivity contribution is -0.216. The quantitative estimate of drug-likeness (QED) is 0.392. The first-order chi connectivity index (χ1) is 17.8. The van der Waals surface area contributed by atoms with Crippen molar-refractivity contribution in [2.75, 3.05) is 19.7 Å². The standard InChI is InChI=1S/C34H55NO3/c1-29(2)15-17-34(28(38)35-19-7-8-20-35)18-16-32(5)23(24(34)21-29)9-10-26-30(3)13-12-27(37)31(4,22-36)25(30)11-14-33(26,32)6/h9,24-27,36-37H,7-8,10-22H2,1-6H3/t24-,25+,26+,27-,30-,31-,32+,33+,34-/m0/s1. The number of likely N-dealkylation sites (tertiary alicyclic amines) is 1. The van der Waals surface area contributed by atoms with E-state index in [9.17, 15) is 15.0 Å². The summed E-state index contributed by atoms with van der Waals surface area (Å²) >= 11 is 0. The van der Waals surface area contributed by atoms with E-state index >= 15 is 0 Å². The van der Waals surface area contributed by atoms with E-state index in [-0.39, 0.29) is 33.7 Å². The number of nitrogens with zero attached hydrogens (tertiary/aromatic N) is 1. The number of rotatable bonds is 2. The van der Waals surface area contributed by atoms with E-state index in [1.807, 2.05) is 0 Å². The molecule has 0 aromatic heterocycles. The molecule has 0 aromatic rings. The number of hydrogen-bond acceptors (Lipinski definition) is 3. The number of allylic oxidation sites excluding steroid dienone is 2. The minimum absolute atomic E-state index is 0.0779. The third-order valence-electron chi connectivity index (χ3n) is 14.6. The van der Waals surface area contributed by atoms with Crippen LogP contribution >= 0.6 is 0 Å². The smallest absolute Gasteiger partial charge is 0.229 e. The Morgan fingerprint density at radius 3 is 2.29 bits per heavy atom. The number of carbonyl (C=O) groups excluding carboxylic acids is 1. The van der Waals surface area contributed by atoms with Gasteiger partial charge in [-0.2, -0.15) is 0 Å². The van der Waals surface area contributed by atoms with Gasteiger partial charge in [-0.3, -0.25) is 4.79 Å². The number of amides is 1. The van der Waals surface area contributed by atoms with Crippen LogP contribution in [0.1, 0.15) is 119 Å². The first-order valence-corrected chi connectivity index (χ1v) is 16.1. The van der Waals surface area contributed by atoms with Crippen LogP contribution < -0.4 is 0 Å². The minimum Gasteiger partial charge on any atom is -0.396 e. The van der Waals surface area contributed by atoms with E-state index < -0.39 is 11.5 Å². The van der Waals surface area contributed by atoms with Crippen LogP contribution in [0.3, 0.4) is 0 Å². The number of carbonyl (C=O) groups is 1. The van der Waals surface area contributed by atoms with Gasteiger partial charge in [-0.15, -0.1) is 0 Å². The molecular formula is C34H55NO3. The maximum absolute atomic E-state index is 14.3. The highest BCUT2D eigenvalue weighted by atomic mass is 16.3. The molecular weight excluding hydrogens is 470 g/mol. The van der Waals surface area contributed by atoms with Crippen molar-refractivity contribution >= 4 is 5.91 Å². The van der Waals surface area contributed by atoms with Crippen LogP contribution in [0.2, 0.25) is 0 Å². The van der Waals surface area contributed by atoms with Crippen molar-refractivity contribution in [3.05, 3.63) is 11.6 Å². The Balaban J connectivity index is 1.42. The lowest BCUT2D eigenvalue weighted by Gasteiger charge is -2.71. The first kappa shape index (κ1) is 27.3. The zero-order valence-corrected chi connectivity index (χ0v) is 25.2.